The Balaban J connectivity index is 2.53. The lowest BCUT2D eigenvalue weighted by Gasteiger charge is -2.13. The summed E-state index contributed by atoms with van der Waals surface area (Å²) in [4.78, 5) is 15.5. The van der Waals surface area contributed by atoms with E-state index in [4.69, 9.17) is 4.74 Å². The summed E-state index contributed by atoms with van der Waals surface area (Å²) < 4.78 is 5.04. The van der Waals surface area contributed by atoms with Gasteiger partial charge in [0.1, 0.15) is 10.6 Å². The topological polar surface area (TPSA) is 38.7 Å². The van der Waals surface area contributed by atoms with Gasteiger partial charge in [-0.2, -0.15) is 0 Å². The molecular weight excluding hydrogens is 246 g/mol. The number of aliphatic imine (C=N–C) groups is 1. The van der Waals surface area contributed by atoms with Gasteiger partial charge < -0.3 is 4.74 Å². The van der Waals surface area contributed by atoms with Gasteiger partial charge in [-0.1, -0.05) is 15.9 Å². The predicted octanol–water partition coefficient (Wildman–Crippen LogP) is 2.36. The fourth-order valence-corrected chi connectivity index (χ4v) is 1.68. The van der Waals surface area contributed by atoms with Crippen LogP contribution in [0.3, 0.4) is 0 Å². The molecular formula is C10H8BrNO2. The molecule has 0 N–H and O–H groups in total. The monoisotopic (exact) mass is 253 g/mol. The predicted molar refractivity (Wildman–Crippen MR) is 58.2 cm³/mol. The van der Waals surface area contributed by atoms with Crippen molar-refractivity contribution in [2.24, 2.45) is 4.99 Å². The highest BCUT2D eigenvalue weighted by Crippen LogP contribution is 2.29. The van der Waals surface area contributed by atoms with Crippen molar-refractivity contribution in [3.8, 4) is 5.75 Å². The number of ketones is 1. The van der Waals surface area contributed by atoms with E-state index in [9.17, 15) is 4.79 Å². The first-order valence-electron chi connectivity index (χ1n) is 4.13. The molecule has 4 heteroatoms. The Morgan fingerprint density at radius 3 is 3.00 bits per heavy atom. The van der Waals surface area contributed by atoms with E-state index in [2.05, 4.69) is 20.9 Å². The molecule has 0 fully saturated rings. The highest BCUT2D eigenvalue weighted by atomic mass is 79.9. The summed E-state index contributed by atoms with van der Waals surface area (Å²) in [5.74, 6) is 0.697. The lowest BCUT2D eigenvalue weighted by molar-refractivity contribution is 0.101. The smallest absolute Gasteiger partial charge is 0.184 e. The van der Waals surface area contributed by atoms with Gasteiger partial charge in [-0.05, 0) is 18.2 Å². The van der Waals surface area contributed by atoms with Crippen LogP contribution in [0.4, 0.5) is 5.69 Å². The van der Waals surface area contributed by atoms with Crippen LogP contribution in [0.15, 0.2) is 23.2 Å². The highest BCUT2D eigenvalue weighted by molar-refractivity contribution is 9.10. The molecule has 2 rings (SSSR count). The van der Waals surface area contributed by atoms with Gasteiger partial charge in [0.25, 0.3) is 0 Å². The van der Waals surface area contributed by atoms with Crippen molar-refractivity contribution in [3.63, 3.8) is 0 Å². The number of fused-ring (bicyclic) bond motifs is 1. The Hall–Kier alpha value is -1.16. The Morgan fingerprint density at radius 2 is 2.29 bits per heavy atom. The second-order valence-corrected chi connectivity index (χ2v) is 3.91. The van der Waals surface area contributed by atoms with Crippen LogP contribution in [0.1, 0.15) is 10.4 Å². The number of Topliss-reactive ketones (excluding diaryl/α,β-unsaturated/α-hetero) is 1. The SMILES string of the molecule is COc1ccc2c(c1)C(=O)C(Br)C=N2. The number of methoxy groups -OCH3 is 1. The maximum Gasteiger partial charge on any atom is 0.184 e. The maximum absolute atomic E-state index is 11.7. The van der Waals surface area contributed by atoms with Crippen molar-refractivity contribution >= 4 is 33.6 Å². The normalized spacial score (nSPS) is 19.3. The van der Waals surface area contributed by atoms with Crippen LogP contribution in [0.5, 0.6) is 5.75 Å². The lowest BCUT2D eigenvalue weighted by Crippen LogP contribution is -2.18. The summed E-state index contributed by atoms with van der Waals surface area (Å²) in [6.07, 6.45) is 1.59. The third kappa shape index (κ3) is 1.46. The number of hydrogen-bond donors (Lipinski definition) is 0. The molecule has 1 aliphatic heterocycles. The number of benzene rings is 1. The molecule has 0 aliphatic carbocycles. The molecule has 0 spiro atoms. The molecule has 1 aromatic rings. The van der Waals surface area contributed by atoms with Crippen molar-refractivity contribution in [1.29, 1.82) is 0 Å². The molecule has 3 nitrogen and oxygen atoms in total. The summed E-state index contributed by atoms with van der Waals surface area (Å²) in [6, 6.07) is 5.28. The molecule has 14 heavy (non-hydrogen) atoms. The third-order valence-corrected chi connectivity index (χ3v) is 2.72. The molecule has 0 amide bonds. The minimum Gasteiger partial charge on any atom is -0.497 e. The molecule has 1 unspecified atom stereocenters. The van der Waals surface area contributed by atoms with E-state index >= 15 is 0 Å². The van der Waals surface area contributed by atoms with Crippen LogP contribution in [0.2, 0.25) is 0 Å². The molecule has 0 bridgehead atoms. The number of rotatable bonds is 1. The number of hydrogen-bond acceptors (Lipinski definition) is 3. The van der Waals surface area contributed by atoms with E-state index < -0.39 is 0 Å². The highest BCUT2D eigenvalue weighted by Gasteiger charge is 2.22. The first-order chi connectivity index (χ1) is 6.72. The Morgan fingerprint density at radius 1 is 1.50 bits per heavy atom. The first kappa shape index (κ1) is 9.40. The molecule has 72 valence electrons. The minimum absolute atomic E-state index is 0.0221. The Bertz CT molecular complexity index is 415. The van der Waals surface area contributed by atoms with Gasteiger partial charge in [0.15, 0.2) is 5.78 Å². The molecule has 1 aliphatic rings. The van der Waals surface area contributed by atoms with E-state index in [1.165, 1.54) is 0 Å². The molecule has 1 aromatic carbocycles. The van der Waals surface area contributed by atoms with Crippen LogP contribution >= 0.6 is 15.9 Å². The summed E-state index contributed by atoms with van der Waals surface area (Å²) >= 11 is 3.23. The number of carbonyl (C=O) groups excluding carboxylic acids is 1. The summed E-state index contributed by atoms with van der Waals surface area (Å²) in [5.41, 5.74) is 1.31. The van der Waals surface area contributed by atoms with Crippen molar-refractivity contribution in [2.75, 3.05) is 7.11 Å². The number of alkyl halides is 1. The largest absolute Gasteiger partial charge is 0.497 e. The summed E-state index contributed by atoms with van der Waals surface area (Å²) in [7, 11) is 1.57. The second-order valence-electron chi connectivity index (χ2n) is 2.93. The third-order valence-electron chi connectivity index (χ3n) is 2.06. The summed E-state index contributed by atoms with van der Waals surface area (Å²) in [5, 5.41) is 0. The van der Waals surface area contributed by atoms with Crippen molar-refractivity contribution in [1.82, 2.24) is 0 Å². The zero-order valence-corrected chi connectivity index (χ0v) is 9.11. The van der Waals surface area contributed by atoms with Crippen LogP contribution in [0.25, 0.3) is 0 Å². The fraction of sp³-hybridized carbons (Fsp3) is 0.200. The molecule has 0 saturated carbocycles. The lowest BCUT2D eigenvalue weighted by atomic mass is 10.0. The van der Waals surface area contributed by atoms with Crippen molar-refractivity contribution in [2.45, 2.75) is 4.83 Å². The average Bonchev–Trinajstić information content (AvgIpc) is 2.23. The minimum atomic E-state index is -0.317. The molecule has 0 aromatic heterocycles. The Labute approximate surface area is 89.9 Å². The van der Waals surface area contributed by atoms with Crippen molar-refractivity contribution < 1.29 is 9.53 Å². The number of halogens is 1. The van der Waals surface area contributed by atoms with Gasteiger partial charge in [-0.25, -0.2) is 0 Å². The van der Waals surface area contributed by atoms with Crippen LogP contribution in [-0.4, -0.2) is 23.9 Å². The van der Waals surface area contributed by atoms with Gasteiger partial charge in [-0.3, -0.25) is 9.79 Å². The summed E-state index contributed by atoms with van der Waals surface area (Å²) in [6.45, 7) is 0. The van der Waals surface area contributed by atoms with Gasteiger partial charge >= 0.3 is 0 Å². The molecule has 1 atom stereocenters. The number of nitrogens with zero attached hydrogens (tertiary/aromatic N) is 1. The van der Waals surface area contributed by atoms with Gasteiger partial charge in [0.2, 0.25) is 0 Å². The van der Waals surface area contributed by atoms with Crippen molar-refractivity contribution in [3.05, 3.63) is 23.8 Å². The first-order valence-corrected chi connectivity index (χ1v) is 5.04. The van der Waals surface area contributed by atoms with Gasteiger partial charge in [0, 0.05) is 11.8 Å². The number of carbonyl (C=O) groups is 1. The molecule has 0 radical (unpaired) electrons. The standard InChI is InChI=1S/C10H8BrNO2/c1-14-6-2-3-9-7(4-6)10(13)8(11)5-12-9/h2-5,8H,1H3. The van der Waals surface area contributed by atoms with Gasteiger partial charge in [-0.15, -0.1) is 0 Å². The number of ether oxygens (including phenoxy) is 1. The van der Waals surface area contributed by atoms with Crippen LogP contribution in [0, 0.1) is 0 Å². The zero-order chi connectivity index (χ0) is 10.1. The van der Waals surface area contributed by atoms with Crippen LogP contribution in [-0.2, 0) is 0 Å². The van der Waals surface area contributed by atoms with E-state index in [0.717, 1.165) is 0 Å². The molecule has 1 heterocycles. The zero-order valence-electron chi connectivity index (χ0n) is 7.53. The van der Waals surface area contributed by atoms with Crippen LogP contribution < -0.4 is 4.74 Å². The van der Waals surface area contributed by atoms with Gasteiger partial charge in [0.05, 0.1) is 12.8 Å². The quantitative estimate of drug-likeness (QED) is 0.721. The van der Waals surface area contributed by atoms with E-state index in [1.807, 2.05) is 0 Å². The Kier molecular flexibility index (Phi) is 2.37. The molecule has 0 saturated heterocycles. The van der Waals surface area contributed by atoms with E-state index in [1.54, 1.807) is 31.5 Å². The second kappa shape index (κ2) is 3.53. The fourth-order valence-electron chi connectivity index (χ4n) is 1.31. The average molecular weight is 254 g/mol. The van der Waals surface area contributed by atoms with E-state index in [0.29, 0.717) is 17.0 Å². The van der Waals surface area contributed by atoms with E-state index in [-0.39, 0.29) is 10.6 Å². The maximum atomic E-state index is 11.7.